The van der Waals surface area contributed by atoms with Gasteiger partial charge in [0.25, 0.3) is 5.69 Å². The van der Waals surface area contributed by atoms with Gasteiger partial charge in [-0.05, 0) is 30.9 Å². The van der Waals surface area contributed by atoms with Gasteiger partial charge in [-0.25, -0.2) is 0 Å². The number of hydrogen-bond donors (Lipinski definition) is 0. The third-order valence-corrected chi connectivity index (χ3v) is 3.37. The molecule has 0 bridgehead atoms. The van der Waals surface area contributed by atoms with Crippen molar-refractivity contribution in [1.29, 1.82) is 0 Å². The van der Waals surface area contributed by atoms with Gasteiger partial charge in [0.05, 0.1) is 11.5 Å². The molecule has 0 aliphatic heterocycles. The molecule has 6 nitrogen and oxygen atoms in total. The predicted octanol–water partition coefficient (Wildman–Crippen LogP) is 2.27. The highest BCUT2D eigenvalue weighted by atomic mass is 16.6. The molecular weight excluding hydrogens is 260 g/mol. The highest BCUT2D eigenvalue weighted by Crippen LogP contribution is 2.29. The largest absolute Gasteiger partial charge is 0.379 e. The number of anilines is 1. The maximum atomic E-state index is 11.1. The second-order valence-corrected chi connectivity index (χ2v) is 5.06. The quantitative estimate of drug-likeness (QED) is 0.316. The maximum absolute atomic E-state index is 11.1. The summed E-state index contributed by atoms with van der Waals surface area (Å²) in [5.74, 6) is 0.710. The molecule has 0 radical (unpaired) electrons. The fourth-order valence-corrected chi connectivity index (χ4v) is 1.94. The Hall–Kier alpha value is -1.95. The number of benzene rings is 1. The Morgan fingerprint density at radius 1 is 1.50 bits per heavy atom. The van der Waals surface area contributed by atoms with E-state index in [1.807, 2.05) is 0 Å². The van der Waals surface area contributed by atoms with E-state index in [4.69, 9.17) is 4.74 Å². The van der Waals surface area contributed by atoms with E-state index < -0.39 is 4.92 Å². The highest BCUT2D eigenvalue weighted by Gasteiger charge is 2.21. The lowest BCUT2D eigenvalue weighted by Gasteiger charge is -2.19. The molecule has 1 aliphatic rings. The molecule has 0 aromatic heterocycles. The van der Waals surface area contributed by atoms with E-state index >= 15 is 0 Å². The van der Waals surface area contributed by atoms with E-state index in [0.29, 0.717) is 36.6 Å². The van der Waals surface area contributed by atoms with Crippen LogP contribution in [0.5, 0.6) is 0 Å². The van der Waals surface area contributed by atoms with Crippen molar-refractivity contribution < 1.29 is 14.5 Å². The summed E-state index contributed by atoms with van der Waals surface area (Å²) in [4.78, 5) is 23.0. The first-order valence-corrected chi connectivity index (χ1v) is 6.64. The standard InChI is InChI=1S/C14H18N2O4/c1-15(6-7-20-10-11-2-3-11)13-5-4-12(9-17)8-14(13)16(18)19/h4-5,8-9,11H,2-3,6-7,10H2,1H3. The summed E-state index contributed by atoms with van der Waals surface area (Å²) in [5, 5.41) is 11.1. The van der Waals surface area contributed by atoms with E-state index in [-0.39, 0.29) is 5.69 Å². The summed E-state index contributed by atoms with van der Waals surface area (Å²) < 4.78 is 5.53. The first kappa shape index (κ1) is 14.5. The fourth-order valence-electron chi connectivity index (χ4n) is 1.94. The molecule has 2 rings (SSSR count). The molecule has 1 saturated carbocycles. The molecule has 0 saturated heterocycles. The predicted molar refractivity (Wildman–Crippen MR) is 75.3 cm³/mol. The number of nitrogens with zero attached hydrogens (tertiary/aromatic N) is 2. The van der Waals surface area contributed by atoms with E-state index in [0.717, 1.165) is 6.61 Å². The van der Waals surface area contributed by atoms with Crippen LogP contribution < -0.4 is 4.90 Å². The van der Waals surface area contributed by atoms with Gasteiger partial charge < -0.3 is 9.64 Å². The number of carbonyl (C=O) groups excluding carboxylic acids is 1. The lowest BCUT2D eigenvalue weighted by Crippen LogP contribution is -2.23. The van der Waals surface area contributed by atoms with Crippen LogP contribution in [-0.4, -0.2) is 38.0 Å². The van der Waals surface area contributed by atoms with Gasteiger partial charge in [-0.15, -0.1) is 0 Å². The summed E-state index contributed by atoms with van der Waals surface area (Å²) in [6, 6.07) is 4.48. The normalized spacial score (nSPS) is 14.1. The monoisotopic (exact) mass is 278 g/mol. The van der Waals surface area contributed by atoms with Gasteiger partial charge in [0.15, 0.2) is 0 Å². The summed E-state index contributed by atoms with van der Waals surface area (Å²) in [6.07, 6.45) is 3.10. The number of aldehydes is 1. The van der Waals surface area contributed by atoms with Crippen molar-refractivity contribution in [2.75, 3.05) is 31.7 Å². The van der Waals surface area contributed by atoms with Gasteiger partial charge in [0.1, 0.15) is 12.0 Å². The van der Waals surface area contributed by atoms with Gasteiger partial charge >= 0.3 is 0 Å². The lowest BCUT2D eigenvalue weighted by atomic mass is 10.2. The van der Waals surface area contributed by atoms with Crippen molar-refractivity contribution in [2.24, 2.45) is 5.92 Å². The van der Waals surface area contributed by atoms with Crippen molar-refractivity contribution in [2.45, 2.75) is 12.8 Å². The van der Waals surface area contributed by atoms with Crippen LogP contribution in [0, 0.1) is 16.0 Å². The van der Waals surface area contributed by atoms with Gasteiger partial charge in [0.2, 0.25) is 0 Å². The third kappa shape index (κ3) is 3.77. The zero-order valence-electron chi connectivity index (χ0n) is 11.4. The molecule has 1 fully saturated rings. The Bertz CT molecular complexity index is 500. The van der Waals surface area contributed by atoms with Crippen LogP contribution in [0.4, 0.5) is 11.4 Å². The minimum Gasteiger partial charge on any atom is -0.379 e. The van der Waals surface area contributed by atoms with Crippen molar-refractivity contribution in [3.05, 3.63) is 33.9 Å². The lowest BCUT2D eigenvalue weighted by molar-refractivity contribution is -0.384. The topological polar surface area (TPSA) is 72.7 Å². The number of rotatable bonds is 8. The summed E-state index contributed by atoms with van der Waals surface area (Å²) in [6.45, 7) is 1.90. The molecule has 1 aromatic rings. The van der Waals surface area contributed by atoms with E-state index in [1.54, 1.807) is 24.1 Å². The van der Waals surface area contributed by atoms with Gasteiger partial charge in [-0.2, -0.15) is 0 Å². The highest BCUT2D eigenvalue weighted by molar-refractivity contribution is 5.79. The molecule has 0 heterocycles. The van der Waals surface area contributed by atoms with Crippen LogP contribution in [0.2, 0.25) is 0 Å². The van der Waals surface area contributed by atoms with Gasteiger partial charge in [0, 0.05) is 31.8 Å². The second-order valence-electron chi connectivity index (χ2n) is 5.06. The Labute approximate surface area is 117 Å². The minimum atomic E-state index is -0.468. The molecule has 0 amide bonds. The third-order valence-electron chi connectivity index (χ3n) is 3.37. The Morgan fingerprint density at radius 2 is 2.25 bits per heavy atom. The molecule has 0 spiro atoms. The Balaban J connectivity index is 1.97. The molecule has 0 atom stereocenters. The van der Waals surface area contributed by atoms with Crippen molar-refractivity contribution in [3.8, 4) is 0 Å². The molecule has 1 aliphatic carbocycles. The van der Waals surface area contributed by atoms with Crippen LogP contribution in [-0.2, 0) is 4.74 Å². The first-order chi connectivity index (χ1) is 9.61. The summed E-state index contributed by atoms with van der Waals surface area (Å²) >= 11 is 0. The van der Waals surface area contributed by atoms with Crippen LogP contribution in [0.25, 0.3) is 0 Å². The second kappa shape index (κ2) is 6.47. The van der Waals surface area contributed by atoms with Crippen molar-refractivity contribution >= 4 is 17.7 Å². The molecular formula is C14H18N2O4. The zero-order chi connectivity index (χ0) is 14.5. The minimum absolute atomic E-state index is 0.0562. The number of ether oxygens (including phenoxy) is 1. The van der Waals surface area contributed by atoms with Crippen LogP contribution in [0.3, 0.4) is 0 Å². The molecule has 6 heteroatoms. The number of nitro benzene ring substituents is 1. The number of carbonyl (C=O) groups is 1. The first-order valence-electron chi connectivity index (χ1n) is 6.64. The van der Waals surface area contributed by atoms with E-state index in [9.17, 15) is 14.9 Å². The SMILES string of the molecule is CN(CCOCC1CC1)c1ccc(C=O)cc1[N+](=O)[O-]. The zero-order valence-corrected chi connectivity index (χ0v) is 11.4. The van der Waals surface area contributed by atoms with Gasteiger partial charge in [-0.3, -0.25) is 14.9 Å². The molecule has 1 aromatic carbocycles. The van der Waals surface area contributed by atoms with Crippen molar-refractivity contribution in [1.82, 2.24) is 0 Å². The summed E-state index contributed by atoms with van der Waals surface area (Å²) in [7, 11) is 1.78. The van der Waals surface area contributed by atoms with E-state index in [2.05, 4.69) is 0 Å². The average molecular weight is 278 g/mol. The molecule has 0 N–H and O–H groups in total. The van der Waals surface area contributed by atoms with Gasteiger partial charge in [-0.1, -0.05) is 0 Å². The van der Waals surface area contributed by atoms with Crippen LogP contribution in [0.15, 0.2) is 18.2 Å². The van der Waals surface area contributed by atoms with Crippen LogP contribution >= 0.6 is 0 Å². The summed E-state index contributed by atoms with van der Waals surface area (Å²) in [5.41, 5.74) is 0.744. The number of hydrogen-bond acceptors (Lipinski definition) is 5. The smallest absolute Gasteiger partial charge is 0.293 e. The average Bonchev–Trinajstić information content (AvgIpc) is 3.26. The molecule has 108 valence electrons. The van der Waals surface area contributed by atoms with Crippen LogP contribution in [0.1, 0.15) is 23.2 Å². The molecule has 20 heavy (non-hydrogen) atoms. The Morgan fingerprint density at radius 3 is 2.85 bits per heavy atom. The van der Waals surface area contributed by atoms with Crippen molar-refractivity contribution in [3.63, 3.8) is 0 Å². The Kier molecular flexibility index (Phi) is 4.68. The number of likely N-dealkylation sites (N-methyl/N-ethyl adjacent to an activating group) is 1. The molecule has 0 unspecified atom stereocenters. The fraction of sp³-hybridized carbons (Fsp3) is 0.500. The maximum Gasteiger partial charge on any atom is 0.293 e. The number of nitro groups is 1. The van der Waals surface area contributed by atoms with E-state index in [1.165, 1.54) is 18.9 Å².